The minimum absolute atomic E-state index is 0.0111. The third-order valence-corrected chi connectivity index (χ3v) is 8.34. The van der Waals surface area contributed by atoms with Crippen LogP contribution in [0.1, 0.15) is 65.7 Å². The fourth-order valence-electron chi connectivity index (χ4n) is 6.10. The average Bonchev–Trinajstić information content (AvgIpc) is 3.40. The Morgan fingerprint density at radius 1 is 0.707 bits per heavy atom. The van der Waals surface area contributed by atoms with Crippen LogP contribution in [0.3, 0.4) is 0 Å². The minimum Gasteiger partial charge on any atom is -0.368 e. The molecule has 220 valence electrons. The summed E-state index contributed by atoms with van der Waals surface area (Å²) < 4.78 is 27.5. The number of carbonyl (C=O) groups excluding carboxylic acids is 3. The standard InChI is InChI=1S/C31H39F2N5O3/c32-25-18-24(19-26(33)21-25)31(41)38-14-5-13-36(16-17-38)28-9-8-23(30(40)37-12-4-10-34-11-15-37)20-27(28)35-29(39)22-6-2-1-3-7-22/h8-9,18-22,34H,1-7,10-17H2,(H,35,39). The molecule has 5 rings (SSSR count). The molecule has 2 saturated heterocycles. The van der Waals surface area contributed by atoms with Crippen molar-refractivity contribution >= 4 is 29.1 Å². The van der Waals surface area contributed by atoms with Crippen LogP contribution >= 0.6 is 0 Å². The predicted molar refractivity (Wildman–Crippen MR) is 154 cm³/mol. The SMILES string of the molecule is O=C(Nc1cc(C(=O)N2CCCNCC2)ccc1N1CCCN(C(=O)c2cc(F)cc(F)c2)CC1)C1CCCCC1. The average molecular weight is 568 g/mol. The number of hydrogen-bond acceptors (Lipinski definition) is 5. The van der Waals surface area contributed by atoms with Crippen molar-refractivity contribution in [3.8, 4) is 0 Å². The van der Waals surface area contributed by atoms with Crippen LogP contribution in [0.4, 0.5) is 20.2 Å². The molecule has 0 radical (unpaired) electrons. The summed E-state index contributed by atoms with van der Waals surface area (Å²) in [6.07, 6.45) is 6.48. The summed E-state index contributed by atoms with van der Waals surface area (Å²) in [5.74, 6) is -2.10. The fourth-order valence-corrected chi connectivity index (χ4v) is 6.10. The Labute approximate surface area is 240 Å². The Morgan fingerprint density at radius 2 is 1.41 bits per heavy atom. The number of carbonyl (C=O) groups is 3. The van der Waals surface area contributed by atoms with Gasteiger partial charge in [0.25, 0.3) is 11.8 Å². The van der Waals surface area contributed by atoms with Gasteiger partial charge in [0.1, 0.15) is 11.6 Å². The van der Waals surface area contributed by atoms with Gasteiger partial charge in [-0.05, 0) is 62.6 Å². The molecule has 10 heteroatoms. The van der Waals surface area contributed by atoms with Crippen LogP contribution in [0.25, 0.3) is 0 Å². The number of benzene rings is 2. The lowest BCUT2D eigenvalue weighted by atomic mass is 9.88. The number of rotatable bonds is 5. The van der Waals surface area contributed by atoms with Crippen molar-refractivity contribution in [2.75, 3.05) is 62.6 Å². The van der Waals surface area contributed by atoms with E-state index in [4.69, 9.17) is 0 Å². The van der Waals surface area contributed by atoms with Crippen LogP contribution in [-0.2, 0) is 4.79 Å². The van der Waals surface area contributed by atoms with Gasteiger partial charge in [-0.25, -0.2) is 8.78 Å². The second-order valence-corrected chi connectivity index (χ2v) is 11.2. The molecule has 41 heavy (non-hydrogen) atoms. The van der Waals surface area contributed by atoms with E-state index in [0.717, 1.165) is 75.5 Å². The van der Waals surface area contributed by atoms with Gasteiger partial charge in [0.15, 0.2) is 0 Å². The first-order valence-electron chi connectivity index (χ1n) is 14.8. The van der Waals surface area contributed by atoms with Gasteiger partial charge in [-0.1, -0.05) is 19.3 Å². The summed E-state index contributed by atoms with van der Waals surface area (Å²) in [6, 6.07) is 8.36. The normalized spacial score (nSPS) is 18.9. The molecule has 2 aliphatic heterocycles. The molecule has 2 aromatic carbocycles. The summed E-state index contributed by atoms with van der Waals surface area (Å²) in [6.45, 7) is 4.84. The second-order valence-electron chi connectivity index (χ2n) is 11.2. The van der Waals surface area contributed by atoms with Crippen molar-refractivity contribution in [1.29, 1.82) is 0 Å². The molecule has 2 heterocycles. The zero-order valence-corrected chi connectivity index (χ0v) is 23.5. The van der Waals surface area contributed by atoms with Crippen LogP contribution in [-0.4, -0.2) is 79.9 Å². The molecule has 2 N–H and O–H groups in total. The molecule has 3 amide bonds. The topological polar surface area (TPSA) is 85.0 Å². The van der Waals surface area contributed by atoms with Crippen molar-refractivity contribution in [3.63, 3.8) is 0 Å². The van der Waals surface area contributed by atoms with Crippen molar-refractivity contribution in [2.45, 2.75) is 44.9 Å². The van der Waals surface area contributed by atoms with Gasteiger partial charge in [0.05, 0.1) is 11.4 Å². The fraction of sp³-hybridized carbons (Fsp3) is 0.516. The third-order valence-electron chi connectivity index (χ3n) is 8.34. The van der Waals surface area contributed by atoms with Crippen LogP contribution in [0.2, 0.25) is 0 Å². The predicted octanol–water partition coefficient (Wildman–Crippen LogP) is 4.27. The molecule has 0 atom stereocenters. The van der Waals surface area contributed by atoms with Gasteiger partial charge in [-0.3, -0.25) is 14.4 Å². The number of anilines is 2. The molecular weight excluding hydrogens is 528 g/mol. The van der Waals surface area contributed by atoms with E-state index in [1.54, 1.807) is 11.0 Å². The summed E-state index contributed by atoms with van der Waals surface area (Å²) in [7, 11) is 0. The number of nitrogens with zero attached hydrogens (tertiary/aromatic N) is 3. The second kappa shape index (κ2) is 13.4. The summed E-state index contributed by atoms with van der Waals surface area (Å²) in [5.41, 5.74) is 1.93. The summed E-state index contributed by atoms with van der Waals surface area (Å²) in [4.78, 5) is 45.3. The van der Waals surface area contributed by atoms with Gasteiger partial charge in [-0.2, -0.15) is 0 Å². The van der Waals surface area contributed by atoms with Crippen LogP contribution in [0.15, 0.2) is 36.4 Å². The number of nitrogens with one attached hydrogen (secondary N) is 2. The molecule has 1 saturated carbocycles. The molecule has 0 unspecified atom stereocenters. The van der Waals surface area contributed by atoms with E-state index >= 15 is 0 Å². The maximum absolute atomic E-state index is 13.7. The zero-order chi connectivity index (χ0) is 28.8. The molecule has 0 spiro atoms. The van der Waals surface area contributed by atoms with Crippen LogP contribution in [0, 0.1) is 17.6 Å². The Hall–Kier alpha value is -3.53. The Morgan fingerprint density at radius 3 is 2.20 bits per heavy atom. The smallest absolute Gasteiger partial charge is 0.254 e. The highest BCUT2D eigenvalue weighted by Gasteiger charge is 2.27. The first kappa shape index (κ1) is 29.0. The number of halogens is 2. The Kier molecular flexibility index (Phi) is 9.49. The van der Waals surface area contributed by atoms with E-state index in [-0.39, 0.29) is 23.3 Å². The molecule has 3 fully saturated rings. The first-order valence-corrected chi connectivity index (χ1v) is 14.8. The van der Waals surface area contributed by atoms with E-state index in [2.05, 4.69) is 15.5 Å². The highest BCUT2D eigenvalue weighted by molar-refractivity contribution is 6.00. The molecular formula is C31H39F2N5O3. The van der Waals surface area contributed by atoms with E-state index in [1.165, 1.54) is 0 Å². The third kappa shape index (κ3) is 7.22. The van der Waals surface area contributed by atoms with Gasteiger partial charge < -0.3 is 25.3 Å². The first-order chi connectivity index (χ1) is 19.9. The highest BCUT2D eigenvalue weighted by Crippen LogP contribution is 2.32. The minimum atomic E-state index is -0.783. The lowest BCUT2D eigenvalue weighted by Crippen LogP contribution is -2.36. The zero-order valence-electron chi connectivity index (χ0n) is 23.5. The van der Waals surface area contributed by atoms with Crippen molar-refractivity contribution < 1.29 is 23.2 Å². The van der Waals surface area contributed by atoms with E-state index in [0.29, 0.717) is 56.9 Å². The van der Waals surface area contributed by atoms with E-state index in [9.17, 15) is 23.2 Å². The van der Waals surface area contributed by atoms with Gasteiger partial charge >= 0.3 is 0 Å². The van der Waals surface area contributed by atoms with E-state index < -0.39 is 17.5 Å². The van der Waals surface area contributed by atoms with Gasteiger partial charge in [0.2, 0.25) is 5.91 Å². The monoisotopic (exact) mass is 567 g/mol. The summed E-state index contributed by atoms with van der Waals surface area (Å²) >= 11 is 0. The summed E-state index contributed by atoms with van der Waals surface area (Å²) in [5, 5.41) is 6.47. The lowest BCUT2D eigenvalue weighted by molar-refractivity contribution is -0.120. The van der Waals surface area contributed by atoms with Crippen molar-refractivity contribution in [3.05, 3.63) is 59.2 Å². The highest BCUT2D eigenvalue weighted by atomic mass is 19.1. The molecule has 0 aromatic heterocycles. The van der Waals surface area contributed by atoms with Crippen molar-refractivity contribution in [1.82, 2.24) is 15.1 Å². The van der Waals surface area contributed by atoms with Gasteiger partial charge in [-0.15, -0.1) is 0 Å². The van der Waals surface area contributed by atoms with Crippen molar-refractivity contribution in [2.24, 2.45) is 5.92 Å². The molecule has 2 aromatic rings. The molecule has 3 aliphatic rings. The quantitative estimate of drug-likeness (QED) is 0.564. The maximum atomic E-state index is 13.7. The van der Waals surface area contributed by atoms with Gasteiger partial charge in [0, 0.05) is 68.9 Å². The Balaban J connectivity index is 1.36. The van der Waals surface area contributed by atoms with Crippen LogP contribution in [0.5, 0.6) is 0 Å². The molecule has 1 aliphatic carbocycles. The van der Waals surface area contributed by atoms with Crippen LogP contribution < -0.4 is 15.5 Å². The Bertz CT molecular complexity index is 1240. The van der Waals surface area contributed by atoms with E-state index in [1.807, 2.05) is 17.0 Å². The lowest BCUT2D eigenvalue weighted by Gasteiger charge is -2.28. The largest absolute Gasteiger partial charge is 0.368 e. The number of hydrogen-bond donors (Lipinski definition) is 2. The molecule has 8 nitrogen and oxygen atoms in total. The number of amides is 3. The maximum Gasteiger partial charge on any atom is 0.254 e. The molecule has 0 bridgehead atoms.